The van der Waals surface area contributed by atoms with Gasteiger partial charge in [0.05, 0.1) is 16.9 Å². The van der Waals surface area contributed by atoms with E-state index in [1.165, 1.54) is 24.4 Å². The largest absolute Gasteiger partial charge is 0.326 e. The topological polar surface area (TPSA) is 85.1 Å². The third-order valence-electron chi connectivity index (χ3n) is 2.54. The van der Waals surface area contributed by atoms with Crippen molar-refractivity contribution in [3.63, 3.8) is 0 Å². The second kappa shape index (κ2) is 5.74. The van der Waals surface area contributed by atoms with Crippen LogP contribution in [0.4, 0.5) is 10.1 Å². The second-order valence-electron chi connectivity index (χ2n) is 3.93. The summed E-state index contributed by atoms with van der Waals surface area (Å²) >= 11 is 5.92. The number of halogens is 2. The maximum Gasteiger partial charge on any atom is 0.263 e. The normalized spacial score (nSPS) is 11.3. The molecule has 0 bridgehead atoms. The molecule has 2 rings (SSSR count). The Kier molecular flexibility index (Phi) is 4.22. The lowest BCUT2D eigenvalue weighted by Gasteiger charge is -2.10. The molecule has 0 atom stereocenters. The van der Waals surface area contributed by atoms with E-state index in [1.807, 2.05) is 0 Å². The first-order chi connectivity index (χ1) is 9.44. The van der Waals surface area contributed by atoms with Crippen molar-refractivity contribution in [1.82, 2.24) is 4.98 Å². The van der Waals surface area contributed by atoms with E-state index in [4.69, 9.17) is 17.3 Å². The van der Waals surface area contributed by atoms with Crippen LogP contribution >= 0.6 is 11.6 Å². The number of pyridine rings is 1. The molecule has 0 spiro atoms. The van der Waals surface area contributed by atoms with E-state index in [1.54, 1.807) is 6.07 Å². The summed E-state index contributed by atoms with van der Waals surface area (Å²) in [5, 5.41) is 0.0231. The number of rotatable bonds is 4. The Morgan fingerprint density at radius 2 is 2.10 bits per heavy atom. The Bertz CT molecular complexity index is 737. The summed E-state index contributed by atoms with van der Waals surface area (Å²) in [5.74, 6) is -0.772. The molecule has 0 radical (unpaired) electrons. The summed E-state index contributed by atoms with van der Waals surface area (Å²) in [5.41, 5.74) is 5.94. The van der Waals surface area contributed by atoms with Crippen LogP contribution in [0.3, 0.4) is 0 Å². The van der Waals surface area contributed by atoms with Crippen LogP contribution in [-0.4, -0.2) is 13.4 Å². The molecular formula is C12H11ClFN3O2S. The average molecular weight is 316 g/mol. The van der Waals surface area contributed by atoms with Gasteiger partial charge in [0, 0.05) is 12.7 Å². The van der Waals surface area contributed by atoms with Crippen LogP contribution in [0.1, 0.15) is 5.56 Å². The monoisotopic (exact) mass is 315 g/mol. The van der Waals surface area contributed by atoms with Crippen molar-refractivity contribution in [3.05, 3.63) is 53.1 Å². The molecule has 0 aliphatic heterocycles. The van der Waals surface area contributed by atoms with E-state index >= 15 is 0 Å². The van der Waals surface area contributed by atoms with Crippen LogP contribution in [0.2, 0.25) is 5.02 Å². The molecule has 0 aliphatic rings. The van der Waals surface area contributed by atoms with E-state index in [0.717, 1.165) is 6.20 Å². The third-order valence-corrected chi connectivity index (χ3v) is 4.39. The number of benzene rings is 1. The highest BCUT2D eigenvalue weighted by Crippen LogP contribution is 2.25. The number of sulfonamides is 1. The SMILES string of the molecule is NCc1ccc(S(=O)(=O)Nc2ccncc2F)c(Cl)c1. The molecule has 0 unspecified atom stereocenters. The van der Waals surface area contributed by atoms with Crippen molar-refractivity contribution in [2.75, 3.05) is 4.72 Å². The van der Waals surface area contributed by atoms with Crippen molar-refractivity contribution < 1.29 is 12.8 Å². The Morgan fingerprint density at radius 3 is 2.70 bits per heavy atom. The van der Waals surface area contributed by atoms with Gasteiger partial charge in [-0.2, -0.15) is 0 Å². The van der Waals surface area contributed by atoms with Crippen LogP contribution in [0, 0.1) is 5.82 Å². The highest BCUT2D eigenvalue weighted by molar-refractivity contribution is 7.92. The summed E-state index contributed by atoms with van der Waals surface area (Å²) in [7, 11) is -3.98. The van der Waals surface area contributed by atoms with Crippen LogP contribution in [0.15, 0.2) is 41.6 Å². The minimum atomic E-state index is -3.98. The summed E-state index contributed by atoms with van der Waals surface area (Å²) in [6.07, 6.45) is 2.19. The standard InChI is InChI=1S/C12H11ClFN3O2S/c13-9-5-8(6-15)1-2-12(9)20(18,19)17-11-3-4-16-7-10(11)14/h1-5,7H,6,15H2,(H,16,17). The van der Waals surface area contributed by atoms with Crippen molar-refractivity contribution in [3.8, 4) is 0 Å². The molecular weight excluding hydrogens is 305 g/mol. The van der Waals surface area contributed by atoms with Gasteiger partial charge in [0.15, 0.2) is 5.82 Å². The van der Waals surface area contributed by atoms with Crippen molar-refractivity contribution in [2.45, 2.75) is 11.4 Å². The third kappa shape index (κ3) is 3.06. The number of nitrogens with zero attached hydrogens (tertiary/aromatic N) is 1. The van der Waals surface area contributed by atoms with Crippen LogP contribution < -0.4 is 10.5 Å². The van der Waals surface area contributed by atoms with E-state index in [2.05, 4.69) is 9.71 Å². The van der Waals surface area contributed by atoms with Crippen LogP contribution in [0.25, 0.3) is 0 Å². The first kappa shape index (κ1) is 14.7. The first-order valence-electron chi connectivity index (χ1n) is 5.55. The molecule has 1 aromatic heterocycles. The van der Waals surface area contributed by atoms with Crippen molar-refractivity contribution in [2.24, 2.45) is 5.73 Å². The van der Waals surface area contributed by atoms with Gasteiger partial charge < -0.3 is 5.73 Å². The Morgan fingerprint density at radius 1 is 1.35 bits per heavy atom. The molecule has 0 saturated carbocycles. The summed E-state index contributed by atoms with van der Waals surface area (Å²) in [6.45, 7) is 0.243. The Labute approximate surface area is 120 Å². The van der Waals surface area contributed by atoms with Crippen LogP contribution in [0.5, 0.6) is 0 Å². The fourth-order valence-corrected chi connectivity index (χ4v) is 3.18. The van der Waals surface area contributed by atoms with Gasteiger partial charge >= 0.3 is 0 Å². The fourth-order valence-electron chi connectivity index (χ4n) is 1.55. The smallest absolute Gasteiger partial charge is 0.263 e. The highest BCUT2D eigenvalue weighted by atomic mass is 35.5. The molecule has 3 N–H and O–H groups in total. The number of aromatic nitrogens is 1. The van der Waals surface area contributed by atoms with Gasteiger partial charge in [-0.25, -0.2) is 12.8 Å². The van der Waals surface area contributed by atoms with Gasteiger partial charge in [-0.3, -0.25) is 9.71 Å². The maximum atomic E-state index is 13.4. The quantitative estimate of drug-likeness (QED) is 0.905. The van der Waals surface area contributed by atoms with Crippen molar-refractivity contribution in [1.29, 1.82) is 0 Å². The Hall–Kier alpha value is -1.70. The summed E-state index contributed by atoms with van der Waals surface area (Å²) in [6, 6.07) is 5.55. The molecule has 0 fully saturated rings. The van der Waals surface area contributed by atoms with Gasteiger partial charge in [0.25, 0.3) is 10.0 Å². The van der Waals surface area contributed by atoms with Gasteiger partial charge in [-0.05, 0) is 23.8 Å². The number of nitrogens with two attached hydrogens (primary N) is 1. The molecule has 0 amide bonds. The average Bonchev–Trinajstić information content (AvgIpc) is 2.40. The van der Waals surface area contributed by atoms with Gasteiger partial charge in [0.1, 0.15) is 4.90 Å². The fraction of sp³-hybridized carbons (Fsp3) is 0.0833. The molecule has 1 heterocycles. The van der Waals surface area contributed by atoms with E-state index in [0.29, 0.717) is 5.56 Å². The number of hydrogen-bond donors (Lipinski definition) is 2. The molecule has 5 nitrogen and oxygen atoms in total. The van der Waals surface area contributed by atoms with E-state index in [9.17, 15) is 12.8 Å². The zero-order valence-electron chi connectivity index (χ0n) is 10.2. The number of nitrogens with one attached hydrogen (secondary N) is 1. The highest BCUT2D eigenvalue weighted by Gasteiger charge is 2.19. The summed E-state index contributed by atoms with van der Waals surface area (Å²) < 4.78 is 39.9. The predicted octanol–water partition coefficient (Wildman–Crippen LogP) is 2.13. The zero-order chi connectivity index (χ0) is 14.8. The van der Waals surface area contributed by atoms with E-state index in [-0.39, 0.29) is 22.2 Å². The molecule has 2 aromatic rings. The molecule has 106 valence electrons. The van der Waals surface area contributed by atoms with Gasteiger partial charge in [-0.15, -0.1) is 0 Å². The minimum absolute atomic E-state index is 0.0231. The maximum absolute atomic E-state index is 13.4. The molecule has 0 saturated heterocycles. The lowest BCUT2D eigenvalue weighted by atomic mass is 10.2. The second-order valence-corrected chi connectivity index (χ2v) is 5.99. The van der Waals surface area contributed by atoms with Crippen LogP contribution in [-0.2, 0) is 16.6 Å². The molecule has 1 aromatic carbocycles. The lowest BCUT2D eigenvalue weighted by Crippen LogP contribution is -2.15. The predicted molar refractivity (Wildman–Crippen MR) is 74.3 cm³/mol. The number of hydrogen-bond acceptors (Lipinski definition) is 4. The Balaban J connectivity index is 2.39. The van der Waals surface area contributed by atoms with Crippen molar-refractivity contribution >= 4 is 27.3 Å². The molecule has 0 aliphatic carbocycles. The van der Waals surface area contributed by atoms with Gasteiger partial charge in [0.2, 0.25) is 0 Å². The summed E-state index contributed by atoms with van der Waals surface area (Å²) in [4.78, 5) is 3.39. The number of anilines is 1. The molecule has 8 heteroatoms. The zero-order valence-corrected chi connectivity index (χ0v) is 11.7. The van der Waals surface area contributed by atoms with Gasteiger partial charge in [-0.1, -0.05) is 17.7 Å². The lowest BCUT2D eigenvalue weighted by molar-refractivity contribution is 0.598. The minimum Gasteiger partial charge on any atom is -0.326 e. The molecule has 20 heavy (non-hydrogen) atoms. The first-order valence-corrected chi connectivity index (χ1v) is 7.41. The van der Waals surface area contributed by atoms with E-state index < -0.39 is 15.8 Å².